The molecule has 0 saturated heterocycles. The first-order valence-electron chi connectivity index (χ1n) is 10.4. The monoisotopic (exact) mass is 496 g/mol. The Morgan fingerprint density at radius 3 is 2.48 bits per heavy atom. The standard InChI is InChI=1S/C20H40N4O2.HI/c1-5-17(4)24-18(25)10-14-22-19(21-6-2)23-16-20(11-8-9-12-20)13-15-26-7-3;/h17H,5-16H2,1-4H3,(H,24,25)(H2,21,22,23);1H. The highest BCUT2D eigenvalue weighted by molar-refractivity contribution is 14.0. The predicted octanol–water partition coefficient (Wildman–Crippen LogP) is 3.45. The van der Waals surface area contributed by atoms with Gasteiger partial charge in [-0.3, -0.25) is 9.79 Å². The van der Waals surface area contributed by atoms with Gasteiger partial charge < -0.3 is 20.7 Å². The smallest absolute Gasteiger partial charge is 0.221 e. The molecule has 1 aliphatic rings. The van der Waals surface area contributed by atoms with Gasteiger partial charge in [-0.2, -0.15) is 0 Å². The summed E-state index contributed by atoms with van der Waals surface area (Å²) in [5.41, 5.74) is 0.283. The Kier molecular flexibility index (Phi) is 15.0. The van der Waals surface area contributed by atoms with Crippen molar-refractivity contribution in [2.45, 2.75) is 78.7 Å². The first-order chi connectivity index (χ1) is 12.5. The third kappa shape index (κ3) is 11.1. The summed E-state index contributed by atoms with van der Waals surface area (Å²) >= 11 is 0. The Morgan fingerprint density at radius 1 is 1.19 bits per heavy atom. The second-order valence-electron chi connectivity index (χ2n) is 7.40. The van der Waals surface area contributed by atoms with Crippen molar-refractivity contribution in [3.8, 4) is 0 Å². The van der Waals surface area contributed by atoms with E-state index in [1.807, 2.05) is 13.8 Å². The first kappa shape index (κ1) is 26.4. The number of guanidine groups is 1. The minimum atomic E-state index is 0. The van der Waals surface area contributed by atoms with Gasteiger partial charge in [-0.25, -0.2) is 0 Å². The number of ether oxygens (including phenoxy) is 1. The summed E-state index contributed by atoms with van der Waals surface area (Å²) in [6.07, 6.45) is 7.56. The Labute approximate surface area is 183 Å². The summed E-state index contributed by atoms with van der Waals surface area (Å²) in [4.78, 5) is 16.7. The van der Waals surface area contributed by atoms with Crippen LogP contribution in [0.5, 0.6) is 0 Å². The van der Waals surface area contributed by atoms with E-state index in [2.05, 4.69) is 29.8 Å². The Bertz CT molecular complexity index is 426. The van der Waals surface area contributed by atoms with E-state index in [4.69, 9.17) is 9.73 Å². The van der Waals surface area contributed by atoms with Crippen LogP contribution in [0.25, 0.3) is 0 Å². The number of nitrogens with zero attached hydrogens (tertiary/aromatic N) is 1. The highest BCUT2D eigenvalue weighted by atomic mass is 127. The van der Waals surface area contributed by atoms with Crippen molar-refractivity contribution in [2.75, 3.05) is 32.8 Å². The van der Waals surface area contributed by atoms with Gasteiger partial charge in [0.15, 0.2) is 5.96 Å². The molecular formula is C20H41IN4O2. The molecule has 0 aromatic heterocycles. The molecule has 1 atom stereocenters. The number of hydrogen-bond donors (Lipinski definition) is 3. The number of carbonyl (C=O) groups is 1. The second kappa shape index (κ2) is 15.4. The maximum atomic E-state index is 11.9. The SMILES string of the molecule is CCNC(=NCC1(CCOCC)CCCC1)NCCC(=O)NC(C)CC.I. The zero-order chi connectivity index (χ0) is 19.3. The van der Waals surface area contributed by atoms with Crippen LogP contribution in [0.15, 0.2) is 4.99 Å². The molecule has 1 amide bonds. The molecule has 0 aromatic rings. The van der Waals surface area contributed by atoms with Crippen LogP contribution in [0, 0.1) is 5.41 Å². The van der Waals surface area contributed by atoms with Gasteiger partial charge in [0.05, 0.1) is 0 Å². The Balaban J connectivity index is 0.00000676. The Hall–Kier alpha value is -0.570. The summed E-state index contributed by atoms with van der Waals surface area (Å²) in [7, 11) is 0. The number of nitrogens with one attached hydrogen (secondary N) is 3. The van der Waals surface area contributed by atoms with Crippen molar-refractivity contribution in [1.29, 1.82) is 0 Å². The van der Waals surface area contributed by atoms with Gasteiger partial charge in [0.1, 0.15) is 0 Å². The molecule has 7 heteroatoms. The average Bonchev–Trinajstić information content (AvgIpc) is 3.09. The average molecular weight is 496 g/mol. The van der Waals surface area contributed by atoms with E-state index in [-0.39, 0.29) is 41.3 Å². The molecule has 6 nitrogen and oxygen atoms in total. The van der Waals surface area contributed by atoms with Gasteiger partial charge in [0, 0.05) is 45.3 Å². The molecular weight excluding hydrogens is 455 g/mol. The molecule has 0 aliphatic heterocycles. The zero-order valence-electron chi connectivity index (χ0n) is 17.7. The van der Waals surface area contributed by atoms with Crippen LogP contribution in [-0.4, -0.2) is 50.8 Å². The van der Waals surface area contributed by atoms with E-state index in [1.54, 1.807) is 0 Å². The van der Waals surface area contributed by atoms with E-state index in [0.717, 1.165) is 45.1 Å². The zero-order valence-corrected chi connectivity index (χ0v) is 20.1. The minimum absolute atomic E-state index is 0. The van der Waals surface area contributed by atoms with Gasteiger partial charge in [0.25, 0.3) is 0 Å². The Morgan fingerprint density at radius 2 is 1.89 bits per heavy atom. The van der Waals surface area contributed by atoms with Crippen LogP contribution in [0.1, 0.15) is 72.6 Å². The van der Waals surface area contributed by atoms with Gasteiger partial charge in [0.2, 0.25) is 5.91 Å². The molecule has 0 radical (unpaired) electrons. The van der Waals surface area contributed by atoms with E-state index < -0.39 is 0 Å². The van der Waals surface area contributed by atoms with Gasteiger partial charge in [-0.05, 0) is 51.9 Å². The van der Waals surface area contributed by atoms with E-state index in [0.29, 0.717) is 13.0 Å². The quantitative estimate of drug-likeness (QED) is 0.168. The molecule has 1 unspecified atom stereocenters. The van der Waals surface area contributed by atoms with Crippen molar-refractivity contribution < 1.29 is 9.53 Å². The molecule has 3 N–H and O–H groups in total. The van der Waals surface area contributed by atoms with E-state index >= 15 is 0 Å². The van der Waals surface area contributed by atoms with Crippen LogP contribution in [0.3, 0.4) is 0 Å². The predicted molar refractivity (Wildman–Crippen MR) is 124 cm³/mol. The number of rotatable bonds is 12. The molecule has 27 heavy (non-hydrogen) atoms. The fourth-order valence-corrected chi connectivity index (χ4v) is 3.38. The summed E-state index contributed by atoms with van der Waals surface area (Å²) in [5, 5.41) is 9.58. The van der Waals surface area contributed by atoms with Crippen molar-refractivity contribution in [2.24, 2.45) is 10.4 Å². The third-order valence-electron chi connectivity index (χ3n) is 5.23. The number of aliphatic imine (C=N–C) groups is 1. The maximum Gasteiger partial charge on any atom is 0.221 e. The topological polar surface area (TPSA) is 74.8 Å². The number of halogens is 1. The fourth-order valence-electron chi connectivity index (χ4n) is 3.38. The normalized spacial score (nSPS) is 17.1. The lowest BCUT2D eigenvalue weighted by molar-refractivity contribution is -0.121. The lowest BCUT2D eigenvalue weighted by Crippen LogP contribution is -2.41. The molecule has 0 aromatic carbocycles. The summed E-state index contributed by atoms with van der Waals surface area (Å²) in [6, 6.07) is 0.233. The second-order valence-corrected chi connectivity index (χ2v) is 7.40. The van der Waals surface area contributed by atoms with Crippen LogP contribution in [0.4, 0.5) is 0 Å². The van der Waals surface area contributed by atoms with Crippen LogP contribution >= 0.6 is 24.0 Å². The molecule has 0 heterocycles. The van der Waals surface area contributed by atoms with Crippen LogP contribution in [-0.2, 0) is 9.53 Å². The van der Waals surface area contributed by atoms with Gasteiger partial charge in [-0.1, -0.05) is 19.8 Å². The van der Waals surface area contributed by atoms with Crippen molar-refractivity contribution >= 4 is 35.8 Å². The van der Waals surface area contributed by atoms with Crippen molar-refractivity contribution in [1.82, 2.24) is 16.0 Å². The minimum Gasteiger partial charge on any atom is -0.382 e. The van der Waals surface area contributed by atoms with Crippen LogP contribution in [0.2, 0.25) is 0 Å². The molecule has 1 rings (SSSR count). The highest BCUT2D eigenvalue weighted by Gasteiger charge is 2.33. The van der Waals surface area contributed by atoms with E-state index in [9.17, 15) is 4.79 Å². The summed E-state index contributed by atoms with van der Waals surface area (Å²) < 4.78 is 5.58. The third-order valence-corrected chi connectivity index (χ3v) is 5.23. The maximum absolute atomic E-state index is 11.9. The highest BCUT2D eigenvalue weighted by Crippen LogP contribution is 2.41. The molecule has 1 saturated carbocycles. The van der Waals surface area contributed by atoms with Gasteiger partial charge >= 0.3 is 0 Å². The fraction of sp³-hybridized carbons (Fsp3) is 0.900. The lowest BCUT2D eigenvalue weighted by Gasteiger charge is -2.27. The van der Waals surface area contributed by atoms with Crippen LogP contribution < -0.4 is 16.0 Å². The van der Waals surface area contributed by atoms with Crippen molar-refractivity contribution in [3.63, 3.8) is 0 Å². The largest absolute Gasteiger partial charge is 0.382 e. The lowest BCUT2D eigenvalue weighted by atomic mass is 9.83. The number of hydrogen-bond acceptors (Lipinski definition) is 3. The molecule has 160 valence electrons. The van der Waals surface area contributed by atoms with Gasteiger partial charge in [-0.15, -0.1) is 24.0 Å². The van der Waals surface area contributed by atoms with Crippen molar-refractivity contribution in [3.05, 3.63) is 0 Å². The molecule has 1 aliphatic carbocycles. The number of amides is 1. The van der Waals surface area contributed by atoms with E-state index in [1.165, 1.54) is 25.7 Å². The number of carbonyl (C=O) groups excluding carboxylic acids is 1. The first-order valence-corrected chi connectivity index (χ1v) is 10.4. The molecule has 0 bridgehead atoms. The summed E-state index contributed by atoms with van der Waals surface area (Å²) in [5.74, 6) is 0.901. The molecule has 1 fully saturated rings. The molecule has 0 spiro atoms. The summed E-state index contributed by atoms with van der Waals surface area (Å²) in [6.45, 7) is 12.1.